The Morgan fingerprint density at radius 2 is 2.13 bits per heavy atom. The number of benzene rings is 1. The molecular formula is C10H5FNO3-. The molecule has 0 aliphatic heterocycles. The van der Waals surface area contributed by atoms with Crippen molar-refractivity contribution in [3.63, 3.8) is 0 Å². The van der Waals surface area contributed by atoms with Crippen LogP contribution in [-0.2, 0) is 0 Å². The van der Waals surface area contributed by atoms with Gasteiger partial charge in [-0.1, -0.05) is 6.07 Å². The molecule has 15 heavy (non-hydrogen) atoms. The van der Waals surface area contributed by atoms with Crippen LogP contribution < -0.4 is 10.5 Å². The minimum Gasteiger partial charge on any atom is -0.543 e. The first-order chi connectivity index (χ1) is 7.09. The summed E-state index contributed by atoms with van der Waals surface area (Å²) in [4.78, 5) is 24.2. The third-order valence-electron chi connectivity index (χ3n) is 2.03. The Bertz CT molecular complexity index is 603. The molecule has 0 atom stereocenters. The number of halogens is 1. The molecule has 0 spiro atoms. The number of rotatable bonds is 1. The first-order valence-corrected chi connectivity index (χ1v) is 4.12. The number of carbonyl (C=O) groups is 1. The maximum Gasteiger partial charge on any atom is 0.190 e. The number of aromatic amines is 1. The number of carboxylic acids is 1. The standard InChI is InChI=1S/C10H6FNO3/c11-6-3-1-2-5-8(13)4-7(10(14)15)12-9(5)6/h1-4H,(H,12,13)(H,14,15)/p-1. The molecule has 0 amide bonds. The summed E-state index contributed by atoms with van der Waals surface area (Å²) in [6, 6.07) is 4.80. The highest BCUT2D eigenvalue weighted by molar-refractivity contribution is 5.88. The fourth-order valence-electron chi connectivity index (χ4n) is 1.35. The van der Waals surface area contributed by atoms with E-state index >= 15 is 0 Å². The van der Waals surface area contributed by atoms with Gasteiger partial charge in [0.1, 0.15) is 5.82 Å². The van der Waals surface area contributed by atoms with Crippen molar-refractivity contribution in [2.45, 2.75) is 0 Å². The number of nitrogens with one attached hydrogen (secondary N) is 1. The van der Waals surface area contributed by atoms with Crippen molar-refractivity contribution in [3.8, 4) is 0 Å². The normalized spacial score (nSPS) is 10.5. The van der Waals surface area contributed by atoms with Gasteiger partial charge in [0.25, 0.3) is 0 Å². The molecule has 0 saturated heterocycles. The number of carbonyl (C=O) groups excluding carboxylic acids is 1. The minimum atomic E-state index is -1.54. The van der Waals surface area contributed by atoms with Gasteiger partial charge in [-0.15, -0.1) is 0 Å². The molecule has 1 aromatic heterocycles. The second-order valence-electron chi connectivity index (χ2n) is 3.00. The molecule has 1 N–H and O–H groups in total. The lowest BCUT2D eigenvalue weighted by molar-refractivity contribution is -0.255. The van der Waals surface area contributed by atoms with Gasteiger partial charge < -0.3 is 14.9 Å². The number of fused-ring (bicyclic) bond motifs is 1. The Morgan fingerprint density at radius 1 is 1.40 bits per heavy atom. The van der Waals surface area contributed by atoms with Crippen LogP contribution in [0.15, 0.2) is 29.1 Å². The van der Waals surface area contributed by atoms with E-state index in [-0.39, 0.29) is 10.9 Å². The highest BCUT2D eigenvalue weighted by Crippen LogP contribution is 2.11. The minimum absolute atomic E-state index is 0.111. The van der Waals surface area contributed by atoms with Crippen LogP contribution in [0.3, 0.4) is 0 Å². The largest absolute Gasteiger partial charge is 0.543 e. The first-order valence-electron chi connectivity index (χ1n) is 4.12. The van der Waals surface area contributed by atoms with E-state index < -0.39 is 22.9 Å². The number of hydrogen-bond acceptors (Lipinski definition) is 3. The molecule has 0 unspecified atom stereocenters. The third kappa shape index (κ3) is 1.48. The van der Waals surface area contributed by atoms with Crippen molar-refractivity contribution in [2.24, 2.45) is 0 Å². The lowest BCUT2D eigenvalue weighted by Crippen LogP contribution is -2.25. The molecule has 0 saturated carbocycles. The predicted molar refractivity (Wildman–Crippen MR) is 48.9 cm³/mol. The van der Waals surface area contributed by atoms with Gasteiger partial charge in [0.2, 0.25) is 0 Å². The summed E-state index contributed by atoms with van der Waals surface area (Å²) in [5, 5.41) is 10.6. The molecule has 1 aromatic carbocycles. The van der Waals surface area contributed by atoms with E-state index in [1.165, 1.54) is 12.1 Å². The summed E-state index contributed by atoms with van der Waals surface area (Å²) in [7, 11) is 0. The van der Waals surface area contributed by atoms with Gasteiger partial charge in [-0.05, 0) is 12.1 Å². The maximum absolute atomic E-state index is 13.2. The van der Waals surface area contributed by atoms with Crippen molar-refractivity contribution in [1.29, 1.82) is 0 Å². The van der Waals surface area contributed by atoms with Gasteiger partial charge >= 0.3 is 0 Å². The number of para-hydroxylation sites is 1. The second kappa shape index (κ2) is 3.20. The van der Waals surface area contributed by atoms with Crippen molar-refractivity contribution in [3.05, 3.63) is 46.0 Å². The average molecular weight is 206 g/mol. The van der Waals surface area contributed by atoms with Crippen LogP contribution in [0.4, 0.5) is 4.39 Å². The Hall–Kier alpha value is -2.17. The molecular weight excluding hydrogens is 201 g/mol. The Labute approximate surface area is 83.0 Å². The summed E-state index contributed by atoms with van der Waals surface area (Å²) >= 11 is 0. The smallest absolute Gasteiger partial charge is 0.190 e. The lowest BCUT2D eigenvalue weighted by atomic mass is 10.2. The van der Waals surface area contributed by atoms with Crippen molar-refractivity contribution >= 4 is 16.9 Å². The van der Waals surface area contributed by atoms with Crippen molar-refractivity contribution < 1.29 is 14.3 Å². The summed E-state index contributed by atoms with van der Waals surface area (Å²) in [5.74, 6) is -2.22. The summed E-state index contributed by atoms with van der Waals surface area (Å²) in [6.07, 6.45) is 0. The molecule has 0 fully saturated rings. The highest BCUT2D eigenvalue weighted by atomic mass is 19.1. The van der Waals surface area contributed by atoms with Gasteiger partial charge in [-0.2, -0.15) is 0 Å². The molecule has 76 valence electrons. The number of carboxylic acid groups (broad SMARTS) is 1. The predicted octanol–water partition coefficient (Wildman–Crippen LogP) is 0.0307. The van der Waals surface area contributed by atoms with E-state index in [0.717, 1.165) is 12.1 Å². The number of hydrogen-bond donors (Lipinski definition) is 1. The molecule has 2 rings (SSSR count). The van der Waals surface area contributed by atoms with Crippen LogP contribution in [0.1, 0.15) is 10.5 Å². The second-order valence-corrected chi connectivity index (χ2v) is 3.00. The molecule has 5 heteroatoms. The monoisotopic (exact) mass is 206 g/mol. The average Bonchev–Trinajstić information content (AvgIpc) is 2.19. The van der Waals surface area contributed by atoms with E-state index in [1.54, 1.807) is 0 Å². The van der Waals surface area contributed by atoms with E-state index in [2.05, 4.69) is 4.98 Å². The van der Waals surface area contributed by atoms with Gasteiger partial charge in [-0.25, -0.2) is 4.39 Å². The van der Waals surface area contributed by atoms with Gasteiger partial charge in [0.15, 0.2) is 5.43 Å². The molecule has 0 aliphatic carbocycles. The number of aromatic carboxylic acids is 1. The number of H-pyrrole nitrogens is 1. The van der Waals surface area contributed by atoms with Gasteiger partial charge in [0.05, 0.1) is 17.2 Å². The van der Waals surface area contributed by atoms with E-state index in [9.17, 15) is 19.1 Å². The van der Waals surface area contributed by atoms with Gasteiger partial charge in [0, 0.05) is 11.5 Å². The SMILES string of the molecule is O=C([O-])c1cc(=O)c2cccc(F)c2[nH]1. The highest BCUT2D eigenvalue weighted by Gasteiger charge is 2.06. The van der Waals surface area contributed by atoms with Crippen LogP contribution in [0.2, 0.25) is 0 Å². The topological polar surface area (TPSA) is 73.0 Å². The molecule has 2 aromatic rings. The van der Waals surface area contributed by atoms with Crippen molar-refractivity contribution in [2.75, 3.05) is 0 Å². The molecule has 0 radical (unpaired) electrons. The quantitative estimate of drug-likeness (QED) is 0.715. The molecule has 4 nitrogen and oxygen atoms in total. The Morgan fingerprint density at radius 3 is 2.80 bits per heavy atom. The maximum atomic E-state index is 13.2. The van der Waals surface area contributed by atoms with E-state index in [1.807, 2.05) is 0 Å². The van der Waals surface area contributed by atoms with Crippen molar-refractivity contribution in [1.82, 2.24) is 4.98 Å². The zero-order valence-electron chi connectivity index (χ0n) is 7.41. The molecule has 0 bridgehead atoms. The van der Waals surface area contributed by atoms with Crippen LogP contribution in [0, 0.1) is 5.82 Å². The first kappa shape index (κ1) is 9.39. The summed E-state index contributed by atoms with van der Waals surface area (Å²) in [6.45, 7) is 0. The van der Waals surface area contributed by atoms with Gasteiger partial charge in [-0.3, -0.25) is 4.79 Å². The summed E-state index contributed by atoms with van der Waals surface area (Å²) < 4.78 is 13.2. The Balaban J connectivity index is 2.92. The molecule has 1 heterocycles. The zero-order chi connectivity index (χ0) is 11.0. The number of aromatic nitrogens is 1. The van der Waals surface area contributed by atoms with E-state index in [0.29, 0.717) is 0 Å². The van der Waals surface area contributed by atoms with Crippen LogP contribution >= 0.6 is 0 Å². The third-order valence-corrected chi connectivity index (χ3v) is 2.03. The Kier molecular flexibility index (Phi) is 2.00. The zero-order valence-corrected chi connectivity index (χ0v) is 7.41. The fourth-order valence-corrected chi connectivity index (χ4v) is 1.35. The summed E-state index contributed by atoms with van der Waals surface area (Å²) in [5.41, 5.74) is -1.11. The number of pyridine rings is 1. The van der Waals surface area contributed by atoms with Crippen LogP contribution in [-0.4, -0.2) is 11.0 Å². The lowest BCUT2D eigenvalue weighted by Gasteiger charge is -2.04. The molecule has 0 aliphatic rings. The van der Waals surface area contributed by atoms with E-state index in [4.69, 9.17) is 0 Å². The van der Waals surface area contributed by atoms with Crippen LogP contribution in [0.25, 0.3) is 10.9 Å². The van der Waals surface area contributed by atoms with Crippen LogP contribution in [0.5, 0.6) is 0 Å². The fraction of sp³-hybridized carbons (Fsp3) is 0.